The summed E-state index contributed by atoms with van der Waals surface area (Å²) in [6.07, 6.45) is 4.99. The highest BCUT2D eigenvalue weighted by Gasteiger charge is 2.28. The molecular formula is C14H19NO2. The van der Waals surface area contributed by atoms with Gasteiger partial charge in [-0.05, 0) is 43.9 Å². The third-order valence-electron chi connectivity index (χ3n) is 3.89. The van der Waals surface area contributed by atoms with Crippen LogP contribution in [0.2, 0.25) is 0 Å². The van der Waals surface area contributed by atoms with Gasteiger partial charge in [-0.25, -0.2) is 0 Å². The van der Waals surface area contributed by atoms with Gasteiger partial charge in [-0.3, -0.25) is 0 Å². The van der Waals surface area contributed by atoms with Gasteiger partial charge < -0.3 is 15.2 Å². The molecule has 0 bridgehead atoms. The van der Waals surface area contributed by atoms with E-state index in [9.17, 15) is 5.11 Å². The maximum Gasteiger partial charge on any atom is 0.126 e. The fourth-order valence-corrected chi connectivity index (χ4v) is 2.91. The molecule has 1 aromatic carbocycles. The number of piperidine rings is 1. The molecule has 0 radical (unpaired) electrons. The molecule has 3 heteroatoms. The molecule has 92 valence electrons. The molecule has 2 unspecified atom stereocenters. The van der Waals surface area contributed by atoms with Crippen LogP contribution in [0.15, 0.2) is 18.2 Å². The topological polar surface area (TPSA) is 41.5 Å². The Kier molecular flexibility index (Phi) is 2.93. The van der Waals surface area contributed by atoms with Crippen LogP contribution >= 0.6 is 0 Å². The van der Waals surface area contributed by atoms with E-state index in [1.165, 1.54) is 18.4 Å². The van der Waals surface area contributed by atoms with Crippen LogP contribution in [-0.4, -0.2) is 24.3 Å². The van der Waals surface area contributed by atoms with Crippen molar-refractivity contribution in [1.29, 1.82) is 0 Å². The first-order valence-corrected chi connectivity index (χ1v) is 6.52. The molecule has 2 aliphatic heterocycles. The molecule has 0 aliphatic carbocycles. The Morgan fingerprint density at radius 1 is 1.29 bits per heavy atom. The van der Waals surface area contributed by atoms with E-state index in [0.717, 1.165) is 31.7 Å². The zero-order valence-corrected chi connectivity index (χ0v) is 9.98. The van der Waals surface area contributed by atoms with Crippen LogP contribution in [0.4, 0.5) is 0 Å². The summed E-state index contributed by atoms with van der Waals surface area (Å²) in [5.41, 5.74) is 1.22. The van der Waals surface area contributed by atoms with Crippen LogP contribution in [0.1, 0.15) is 24.8 Å². The molecule has 0 spiro atoms. The molecule has 0 amide bonds. The lowest BCUT2D eigenvalue weighted by Crippen LogP contribution is -2.40. The number of aromatic hydroxyl groups is 1. The van der Waals surface area contributed by atoms with Crippen LogP contribution in [0.5, 0.6) is 11.5 Å². The quantitative estimate of drug-likeness (QED) is 0.780. The molecule has 2 heterocycles. The highest BCUT2D eigenvalue weighted by atomic mass is 16.5. The van der Waals surface area contributed by atoms with Crippen LogP contribution in [0, 0.1) is 5.92 Å². The van der Waals surface area contributed by atoms with Gasteiger partial charge in [0.05, 0.1) is 0 Å². The molecule has 1 aromatic rings. The van der Waals surface area contributed by atoms with Gasteiger partial charge in [0, 0.05) is 18.5 Å². The van der Waals surface area contributed by atoms with Crippen LogP contribution in [0.3, 0.4) is 0 Å². The fraction of sp³-hybridized carbons (Fsp3) is 0.571. The molecule has 0 aromatic heterocycles. The Balaban J connectivity index is 1.75. The second kappa shape index (κ2) is 4.57. The average molecular weight is 233 g/mol. The summed E-state index contributed by atoms with van der Waals surface area (Å²) in [7, 11) is 0. The third-order valence-corrected chi connectivity index (χ3v) is 3.89. The molecule has 2 aliphatic rings. The number of nitrogens with one attached hydrogen (secondary N) is 1. The standard InChI is InChI=1S/C14H19NO2/c16-12-5-3-10-4-6-13(17-14(10)8-12)11-2-1-7-15-9-11/h3,5,8,11,13,15-16H,1-2,4,6-7,9H2. The normalized spacial score (nSPS) is 28.2. The van der Waals surface area contributed by atoms with E-state index in [-0.39, 0.29) is 0 Å². The lowest BCUT2D eigenvalue weighted by atomic mass is 9.88. The predicted octanol–water partition coefficient (Wildman–Crippen LogP) is 2.09. The Morgan fingerprint density at radius 3 is 3.06 bits per heavy atom. The Bertz CT molecular complexity index is 399. The minimum Gasteiger partial charge on any atom is -0.508 e. The molecule has 1 fully saturated rings. The third kappa shape index (κ3) is 2.25. The van der Waals surface area contributed by atoms with Gasteiger partial charge in [-0.1, -0.05) is 6.07 Å². The summed E-state index contributed by atoms with van der Waals surface area (Å²) in [4.78, 5) is 0. The van der Waals surface area contributed by atoms with Crippen molar-refractivity contribution < 1.29 is 9.84 Å². The largest absolute Gasteiger partial charge is 0.508 e. The van der Waals surface area contributed by atoms with E-state index in [0.29, 0.717) is 17.8 Å². The summed E-state index contributed by atoms with van der Waals surface area (Å²) in [6.45, 7) is 2.21. The molecule has 2 N–H and O–H groups in total. The molecular weight excluding hydrogens is 214 g/mol. The van der Waals surface area contributed by atoms with Crippen molar-refractivity contribution in [3.8, 4) is 11.5 Å². The maximum absolute atomic E-state index is 9.49. The van der Waals surface area contributed by atoms with Crippen molar-refractivity contribution in [3.63, 3.8) is 0 Å². The lowest BCUT2D eigenvalue weighted by Gasteiger charge is -2.34. The van der Waals surface area contributed by atoms with Gasteiger partial charge in [0.25, 0.3) is 0 Å². The summed E-state index contributed by atoms with van der Waals surface area (Å²) in [6, 6.07) is 5.46. The number of rotatable bonds is 1. The molecule has 17 heavy (non-hydrogen) atoms. The van der Waals surface area contributed by atoms with Gasteiger partial charge in [0.15, 0.2) is 0 Å². The monoisotopic (exact) mass is 233 g/mol. The zero-order valence-electron chi connectivity index (χ0n) is 9.98. The zero-order chi connectivity index (χ0) is 11.7. The number of hydrogen-bond donors (Lipinski definition) is 2. The van der Waals surface area contributed by atoms with Crippen LogP contribution in [-0.2, 0) is 6.42 Å². The van der Waals surface area contributed by atoms with Crippen molar-refractivity contribution in [2.24, 2.45) is 5.92 Å². The minimum atomic E-state index is 0.297. The van der Waals surface area contributed by atoms with Crippen molar-refractivity contribution in [1.82, 2.24) is 5.32 Å². The SMILES string of the molecule is Oc1ccc2c(c1)OC(C1CCCNC1)CC2. The molecule has 0 saturated carbocycles. The first-order chi connectivity index (χ1) is 8.33. The summed E-state index contributed by atoms with van der Waals surface area (Å²) >= 11 is 0. The van der Waals surface area contributed by atoms with Crippen LogP contribution < -0.4 is 10.1 Å². The first-order valence-electron chi connectivity index (χ1n) is 6.52. The molecule has 3 rings (SSSR count). The molecule has 2 atom stereocenters. The van der Waals surface area contributed by atoms with Gasteiger partial charge in [0.1, 0.15) is 17.6 Å². The second-order valence-electron chi connectivity index (χ2n) is 5.09. The molecule has 3 nitrogen and oxygen atoms in total. The summed E-state index contributed by atoms with van der Waals surface area (Å²) in [5, 5.41) is 12.9. The van der Waals surface area contributed by atoms with Gasteiger partial charge >= 0.3 is 0 Å². The van der Waals surface area contributed by atoms with Crippen molar-refractivity contribution in [3.05, 3.63) is 23.8 Å². The first kappa shape index (κ1) is 10.9. The summed E-state index contributed by atoms with van der Waals surface area (Å²) < 4.78 is 6.05. The van der Waals surface area contributed by atoms with Gasteiger partial charge in [-0.2, -0.15) is 0 Å². The summed E-state index contributed by atoms with van der Waals surface area (Å²) in [5.74, 6) is 1.80. The van der Waals surface area contributed by atoms with Gasteiger partial charge in [0.2, 0.25) is 0 Å². The smallest absolute Gasteiger partial charge is 0.126 e. The number of fused-ring (bicyclic) bond motifs is 1. The average Bonchev–Trinajstić information content (AvgIpc) is 2.39. The van der Waals surface area contributed by atoms with E-state index >= 15 is 0 Å². The van der Waals surface area contributed by atoms with E-state index < -0.39 is 0 Å². The fourth-order valence-electron chi connectivity index (χ4n) is 2.91. The van der Waals surface area contributed by atoms with Crippen LogP contribution in [0.25, 0.3) is 0 Å². The number of hydrogen-bond acceptors (Lipinski definition) is 3. The van der Waals surface area contributed by atoms with Gasteiger partial charge in [-0.15, -0.1) is 0 Å². The minimum absolute atomic E-state index is 0.297. The number of phenols is 1. The van der Waals surface area contributed by atoms with Crippen molar-refractivity contribution in [2.75, 3.05) is 13.1 Å². The number of aryl methyl sites for hydroxylation is 1. The second-order valence-corrected chi connectivity index (χ2v) is 5.09. The predicted molar refractivity (Wildman–Crippen MR) is 66.4 cm³/mol. The number of benzene rings is 1. The number of phenolic OH excluding ortho intramolecular Hbond substituents is 1. The van der Waals surface area contributed by atoms with Crippen molar-refractivity contribution in [2.45, 2.75) is 31.8 Å². The lowest BCUT2D eigenvalue weighted by molar-refractivity contribution is 0.0945. The highest BCUT2D eigenvalue weighted by Crippen LogP contribution is 2.34. The number of ether oxygens (including phenoxy) is 1. The maximum atomic E-state index is 9.49. The molecule has 1 saturated heterocycles. The van der Waals surface area contributed by atoms with E-state index in [1.54, 1.807) is 12.1 Å². The Hall–Kier alpha value is -1.22. The Labute approximate surface area is 102 Å². The van der Waals surface area contributed by atoms with E-state index in [2.05, 4.69) is 5.32 Å². The Morgan fingerprint density at radius 2 is 2.24 bits per heavy atom. The van der Waals surface area contributed by atoms with Crippen molar-refractivity contribution >= 4 is 0 Å². The van der Waals surface area contributed by atoms with E-state index in [1.807, 2.05) is 6.07 Å². The van der Waals surface area contributed by atoms with E-state index in [4.69, 9.17) is 4.74 Å². The highest BCUT2D eigenvalue weighted by molar-refractivity contribution is 5.41.